The molecule has 4 N–H and O–H groups in total. The van der Waals surface area contributed by atoms with E-state index in [1.54, 1.807) is 25.2 Å². The molecule has 0 spiro atoms. The number of hydrogen-bond acceptors (Lipinski definition) is 7. The summed E-state index contributed by atoms with van der Waals surface area (Å²) in [6.07, 6.45) is -0.773. The SMILES string of the molecule is Cn1c(Nc2ccc(C(=O)N[C@@H](CC(=O)O)C(=O)O)cc2)nc2c1c(=O)n(Cc1ccc(Cl)c(Cl)c1)c(=O)n2C. The lowest BCUT2D eigenvalue weighted by Gasteiger charge is -2.13. The molecular weight excluding hydrogens is 567 g/mol. The number of nitrogens with zero attached hydrogens (tertiary/aromatic N) is 4. The van der Waals surface area contributed by atoms with Crippen LogP contribution < -0.4 is 21.9 Å². The lowest BCUT2D eigenvalue weighted by Crippen LogP contribution is -2.42. The molecule has 15 heteroatoms. The number of benzene rings is 2. The molecule has 0 radical (unpaired) electrons. The van der Waals surface area contributed by atoms with Crippen molar-refractivity contribution in [2.24, 2.45) is 14.1 Å². The number of anilines is 2. The fourth-order valence-electron chi connectivity index (χ4n) is 3.97. The zero-order chi connectivity index (χ0) is 29.3. The van der Waals surface area contributed by atoms with Crippen molar-refractivity contribution in [3.63, 3.8) is 0 Å². The molecular formula is C25H22Cl2N6O7. The van der Waals surface area contributed by atoms with Crippen LogP contribution in [0, 0.1) is 0 Å². The highest BCUT2D eigenvalue weighted by molar-refractivity contribution is 6.42. The van der Waals surface area contributed by atoms with E-state index in [0.717, 1.165) is 4.57 Å². The highest BCUT2D eigenvalue weighted by atomic mass is 35.5. The van der Waals surface area contributed by atoms with E-state index in [1.807, 2.05) is 0 Å². The Kier molecular flexibility index (Phi) is 7.98. The molecule has 0 unspecified atom stereocenters. The van der Waals surface area contributed by atoms with Crippen molar-refractivity contribution in [1.29, 1.82) is 0 Å². The highest BCUT2D eigenvalue weighted by Crippen LogP contribution is 2.23. The normalized spacial score (nSPS) is 11.8. The van der Waals surface area contributed by atoms with Crippen molar-refractivity contribution in [3.05, 3.63) is 84.5 Å². The number of carboxylic acids is 2. The van der Waals surface area contributed by atoms with Crippen LogP contribution in [-0.2, 0) is 30.2 Å². The summed E-state index contributed by atoms with van der Waals surface area (Å²) in [4.78, 5) is 65.2. The second-order valence-corrected chi connectivity index (χ2v) is 9.63. The fourth-order valence-corrected chi connectivity index (χ4v) is 4.29. The first-order valence-corrected chi connectivity index (χ1v) is 12.4. The molecule has 2 aromatic heterocycles. The average molecular weight is 589 g/mol. The Balaban J connectivity index is 1.60. The largest absolute Gasteiger partial charge is 0.481 e. The summed E-state index contributed by atoms with van der Waals surface area (Å²) in [5.41, 5.74) is 0.351. The van der Waals surface area contributed by atoms with Gasteiger partial charge in [0.1, 0.15) is 6.04 Å². The van der Waals surface area contributed by atoms with Gasteiger partial charge in [0.05, 0.1) is 23.0 Å². The summed E-state index contributed by atoms with van der Waals surface area (Å²) in [6, 6.07) is 9.07. The fraction of sp³-hybridized carbons (Fsp3) is 0.200. The minimum atomic E-state index is -1.59. The molecule has 2 heterocycles. The predicted molar refractivity (Wildman–Crippen MR) is 147 cm³/mol. The van der Waals surface area contributed by atoms with E-state index < -0.39 is 41.6 Å². The van der Waals surface area contributed by atoms with Crippen LogP contribution in [0.2, 0.25) is 10.0 Å². The molecule has 0 aliphatic heterocycles. The van der Waals surface area contributed by atoms with Crippen molar-refractivity contribution < 1.29 is 24.6 Å². The number of imidazole rings is 1. The minimum absolute atomic E-state index is 0.0367. The summed E-state index contributed by atoms with van der Waals surface area (Å²) < 4.78 is 3.81. The second kappa shape index (κ2) is 11.2. The van der Waals surface area contributed by atoms with Gasteiger partial charge in [0.25, 0.3) is 11.5 Å². The zero-order valence-corrected chi connectivity index (χ0v) is 22.5. The molecule has 0 saturated heterocycles. The van der Waals surface area contributed by atoms with E-state index in [9.17, 15) is 24.0 Å². The quantitative estimate of drug-likeness (QED) is 0.228. The number of amides is 1. The number of carboxylic acid groups (broad SMARTS) is 2. The monoisotopic (exact) mass is 588 g/mol. The van der Waals surface area contributed by atoms with Crippen LogP contribution in [-0.4, -0.2) is 52.8 Å². The third-order valence-electron chi connectivity index (χ3n) is 6.07. The van der Waals surface area contributed by atoms with Crippen LogP contribution in [0.4, 0.5) is 11.6 Å². The van der Waals surface area contributed by atoms with Gasteiger partial charge in [-0.1, -0.05) is 29.3 Å². The molecule has 2 aromatic carbocycles. The van der Waals surface area contributed by atoms with Gasteiger partial charge in [-0.05, 0) is 42.0 Å². The molecule has 13 nitrogen and oxygen atoms in total. The van der Waals surface area contributed by atoms with Crippen molar-refractivity contribution >= 4 is 63.8 Å². The number of aromatic nitrogens is 4. The van der Waals surface area contributed by atoms with E-state index in [4.69, 9.17) is 33.4 Å². The Morgan fingerprint density at radius 3 is 2.25 bits per heavy atom. The third kappa shape index (κ3) is 5.70. The maximum absolute atomic E-state index is 13.3. The van der Waals surface area contributed by atoms with Crippen molar-refractivity contribution in [2.45, 2.75) is 19.0 Å². The maximum atomic E-state index is 13.3. The summed E-state index contributed by atoms with van der Waals surface area (Å²) >= 11 is 12.0. The first-order chi connectivity index (χ1) is 18.9. The van der Waals surface area contributed by atoms with Gasteiger partial charge in [-0.15, -0.1) is 0 Å². The minimum Gasteiger partial charge on any atom is -0.481 e. The van der Waals surface area contributed by atoms with E-state index in [0.29, 0.717) is 21.3 Å². The van der Waals surface area contributed by atoms with Crippen LogP contribution >= 0.6 is 23.2 Å². The zero-order valence-electron chi connectivity index (χ0n) is 21.0. The standard InChI is InChI=1S/C25H22Cl2N6O7/c1-31-19-20(32(2)25(40)33(22(19)37)11-12-3-8-15(26)16(27)9-12)30-24(31)28-14-6-4-13(5-7-14)21(36)29-17(23(38)39)10-18(34)35/h3-9,17H,10-11H2,1-2H3,(H,28,30)(H,29,36)(H,34,35)(H,38,39)/t17-/m0/s1. The molecule has 0 aliphatic rings. The van der Waals surface area contributed by atoms with Crippen LogP contribution in [0.25, 0.3) is 11.2 Å². The molecule has 4 aromatic rings. The molecule has 0 fully saturated rings. The smallest absolute Gasteiger partial charge is 0.332 e. The van der Waals surface area contributed by atoms with E-state index in [2.05, 4.69) is 15.6 Å². The van der Waals surface area contributed by atoms with E-state index in [1.165, 1.54) is 40.4 Å². The number of carbonyl (C=O) groups excluding carboxylic acids is 1. The van der Waals surface area contributed by atoms with Gasteiger partial charge in [0.2, 0.25) is 5.95 Å². The topological polar surface area (TPSA) is 178 Å². The lowest BCUT2D eigenvalue weighted by atomic mass is 10.1. The van der Waals surface area contributed by atoms with Gasteiger partial charge in [0, 0.05) is 25.3 Å². The first-order valence-electron chi connectivity index (χ1n) is 11.6. The number of hydrogen-bond donors (Lipinski definition) is 4. The highest BCUT2D eigenvalue weighted by Gasteiger charge is 2.24. The summed E-state index contributed by atoms with van der Waals surface area (Å²) in [6.45, 7) is -0.0367. The number of rotatable bonds is 9. The van der Waals surface area contributed by atoms with Gasteiger partial charge in [-0.25, -0.2) is 9.59 Å². The lowest BCUT2D eigenvalue weighted by molar-refractivity contribution is -0.145. The molecule has 1 atom stereocenters. The summed E-state index contributed by atoms with van der Waals surface area (Å²) in [7, 11) is 3.09. The summed E-state index contributed by atoms with van der Waals surface area (Å²) in [5, 5.41) is 23.8. The number of carbonyl (C=O) groups is 3. The van der Waals surface area contributed by atoms with Gasteiger partial charge in [0.15, 0.2) is 11.2 Å². The number of nitrogens with one attached hydrogen (secondary N) is 2. The Bertz CT molecular complexity index is 1780. The van der Waals surface area contributed by atoms with Crippen molar-refractivity contribution in [3.8, 4) is 0 Å². The molecule has 4 rings (SSSR count). The number of halogens is 2. The molecule has 0 aliphatic carbocycles. The van der Waals surface area contributed by atoms with Gasteiger partial charge in [-0.3, -0.25) is 23.5 Å². The average Bonchev–Trinajstić information content (AvgIpc) is 3.22. The Morgan fingerprint density at radius 2 is 1.65 bits per heavy atom. The molecule has 1 amide bonds. The number of aliphatic carboxylic acids is 2. The van der Waals surface area contributed by atoms with Crippen LogP contribution in [0.3, 0.4) is 0 Å². The Hall–Kier alpha value is -4.62. The molecule has 208 valence electrons. The molecule has 0 saturated carbocycles. The Morgan fingerprint density at radius 1 is 0.975 bits per heavy atom. The number of aryl methyl sites for hydroxylation is 2. The molecule has 0 bridgehead atoms. The molecule has 40 heavy (non-hydrogen) atoms. The van der Waals surface area contributed by atoms with Crippen molar-refractivity contribution in [1.82, 2.24) is 24.0 Å². The van der Waals surface area contributed by atoms with Crippen LogP contribution in [0.5, 0.6) is 0 Å². The van der Waals surface area contributed by atoms with Crippen LogP contribution in [0.1, 0.15) is 22.3 Å². The van der Waals surface area contributed by atoms with Gasteiger partial charge in [-0.2, -0.15) is 4.98 Å². The number of fused-ring (bicyclic) bond motifs is 1. The van der Waals surface area contributed by atoms with Gasteiger partial charge >= 0.3 is 17.6 Å². The van der Waals surface area contributed by atoms with E-state index >= 15 is 0 Å². The Labute approximate surface area is 235 Å². The third-order valence-corrected chi connectivity index (χ3v) is 6.81. The summed E-state index contributed by atoms with van der Waals surface area (Å²) in [5.74, 6) is -3.37. The van der Waals surface area contributed by atoms with Crippen molar-refractivity contribution in [2.75, 3.05) is 5.32 Å². The maximum Gasteiger partial charge on any atom is 0.332 e. The predicted octanol–water partition coefficient (Wildman–Crippen LogP) is 2.19. The van der Waals surface area contributed by atoms with E-state index in [-0.39, 0.29) is 29.2 Å². The second-order valence-electron chi connectivity index (χ2n) is 8.81. The van der Waals surface area contributed by atoms with Crippen LogP contribution in [0.15, 0.2) is 52.1 Å². The van der Waals surface area contributed by atoms with Gasteiger partial charge < -0.3 is 25.4 Å². The first kappa shape index (κ1) is 28.4.